The average molecular weight is 253 g/mol. The number of hydrogen-bond donors (Lipinski definition) is 1. The van der Waals surface area contributed by atoms with Gasteiger partial charge in [-0.05, 0) is 37.5 Å². The molecule has 1 amide bonds. The number of methoxy groups -OCH3 is 1. The molecule has 1 aliphatic carbocycles. The van der Waals surface area contributed by atoms with Crippen molar-refractivity contribution in [2.75, 3.05) is 13.7 Å². The molecule has 0 radical (unpaired) electrons. The summed E-state index contributed by atoms with van der Waals surface area (Å²) < 4.78 is 4.68. The molecule has 2 aliphatic rings. The molecule has 1 heterocycles. The highest BCUT2D eigenvalue weighted by atomic mass is 16.5. The Balaban J connectivity index is 2.15. The normalized spacial score (nSPS) is 31.7. The zero-order chi connectivity index (χ0) is 13.3. The maximum absolute atomic E-state index is 11.6. The highest BCUT2D eigenvalue weighted by molar-refractivity contribution is 5.80. The summed E-state index contributed by atoms with van der Waals surface area (Å²) in [7, 11) is 1.29. The van der Waals surface area contributed by atoms with Crippen LogP contribution in [0.5, 0.6) is 0 Å². The molecular weight excluding hydrogens is 234 g/mol. The Labute approximate surface area is 106 Å². The second-order valence-corrected chi connectivity index (χ2v) is 5.23. The molecule has 100 valence electrons. The fourth-order valence-corrected chi connectivity index (χ4v) is 3.13. The maximum Gasteiger partial charge on any atom is 0.410 e. The summed E-state index contributed by atoms with van der Waals surface area (Å²) in [5.74, 6) is -0.228. The molecule has 0 spiro atoms. The Morgan fingerprint density at radius 3 is 2.78 bits per heavy atom. The fraction of sp³-hybridized carbons (Fsp3) is 0.692. The summed E-state index contributed by atoms with van der Waals surface area (Å²) in [5.41, 5.74) is 1.20. The second-order valence-electron chi connectivity index (χ2n) is 5.23. The standard InChI is InChI=1S/C13H19NO4/c1-8-3-4-9-7-14(13(17)18-2)11(12(15)16)6-10(9)5-8/h9-11H,1,3-7H2,2H3,(H,15,16). The number of carboxylic acids is 1. The topological polar surface area (TPSA) is 66.8 Å². The molecule has 3 atom stereocenters. The van der Waals surface area contributed by atoms with E-state index in [-0.39, 0.29) is 0 Å². The molecule has 0 bridgehead atoms. The van der Waals surface area contributed by atoms with E-state index in [1.807, 2.05) is 0 Å². The van der Waals surface area contributed by atoms with Crippen LogP contribution in [0.1, 0.15) is 25.7 Å². The average Bonchev–Trinajstić information content (AvgIpc) is 2.36. The van der Waals surface area contributed by atoms with E-state index in [1.165, 1.54) is 17.6 Å². The van der Waals surface area contributed by atoms with Crippen molar-refractivity contribution in [3.63, 3.8) is 0 Å². The Bertz CT molecular complexity index is 379. The predicted molar refractivity (Wildman–Crippen MR) is 65.1 cm³/mol. The summed E-state index contributed by atoms with van der Waals surface area (Å²) in [6, 6.07) is -0.760. The first-order valence-electron chi connectivity index (χ1n) is 6.27. The van der Waals surface area contributed by atoms with Crippen LogP contribution in [0.25, 0.3) is 0 Å². The number of aliphatic carboxylic acids is 1. The second kappa shape index (κ2) is 5.00. The SMILES string of the molecule is C=C1CCC2CN(C(=O)OC)C(C(=O)O)CC2C1. The zero-order valence-corrected chi connectivity index (χ0v) is 10.6. The molecule has 5 heteroatoms. The van der Waals surface area contributed by atoms with Crippen LogP contribution in [0, 0.1) is 11.8 Å². The van der Waals surface area contributed by atoms with Crippen LogP contribution < -0.4 is 0 Å². The number of carbonyl (C=O) groups excluding carboxylic acids is 1. The third-order valence-electron chi connectivity index (χ3n) is 4.11. The van der Waals surface area contributed by atoms with Crippen LogP contribution in [-0.2, 0) is 9.53 Å². The first-order chi connectivity index (χ1) is 8.52. The molecule has 5 nitrogen and oxygen atoms in total. The van der Waals surface area contributed by atoms with Crippen molar-refractivity contribution < 1.29 is 19.4 Å². The number of ether oxygens (including phenoxy) is 1. The maximum atomic E-state index is 11.6. The highest BCUT2D eigenvalue weighted by Gasteiger charge is 2.42. The molecule has 18 heavy (non-hydrogen) atoms. The minimum absolute atomic E-state index is 0.341. The largest absolute Gasteiger partial charge is 0.480 e. The lowest BCUT2D eigenvalue weighted by molar-refractivity contribution is -0.145. The molecule has 2 fully saturated rings. The molecule has 2 rings (SSSR count). The van der Waals surface area contributed by atoms with E-state index < -0.39 is 18.1 Å². The number of hydrogen-bond acceptors (Lipinski definition) is 3. The van der Waals surface area contributed by atoms with Gasteiger partial charge in [0.2, 0.25) is 0 Å². The molecule has 1 saturated heterocycles. The fourth-order valence-electron chi connectivity index (χ4n) is 3.13. The van der Waals surface area contributed by atoms with Crippen molar-refractivity contribution in [3.05, 3.63) is 12.2 Å². The van der Waals surface area contributed by atoms with Gasteiger partial charge in [-0.25, -0.2) is 9.59 Å². The summed E-state index contributed by atoms with van der Waals surface area (Å²) >= 11 is 0. The van der Waals surface area contributed by atoms with E-state index in [9.17, 15) is 14.7 Å². The van der Waals surface area contributed by atoms with Crippen LogP contribution in [0.2, 0.25) is 0 Å². The lowest BCUT2D eigenvalue weighted by Crippen LogP contribution is -2.54. The minimum atomic E-state index is -0.949. The van der Waals surface area contributed by atoms with Gasteiger partial charge in [-0.15, -0.1) is 0 Å². The smallest absolute Gasteiger partial charge is 0.410 e. The van der Waals surface area contributed by atoms with Crippen molar-refractivity contribution in [1.29, 1.82) is 0 Å². The van der Waals surface area contributed by atoms with Crippen LogP contribution >= 0.6 is 0 Å². The van der Waals surface area contributed by atoms with Crippen LogP contribution in [0.4, 0.5) is 4.79 Å². The van der Waals surface area contributed by atoms with Gasteiger partial charge in [0.15, 0.2) is 0 Å². The Hall–Kier alpha value is -1.52. The van der Waals surface area contributed by atoms with Crippen molar-refractivity contribution in [2.45, 2.75) is 31.7 Å². The van der Waals surface area contributed by atoms with Crippen molar-refractivity contribution in [1.82, 2.24) is 4.90 Å². The van der Waals surface area contributed by atoms with Gasteiger partial charge in [0.25, 0.3) is 0 Å². The van der Waals surface area contributed by atoms with E-state index in [1.54, 1.807) is 0 Å². The van der Waals surface area contributed by atoms with Gasteiger partial charge in [-0.1, -0.05) is 12.2 Å². The first-order valence-corrected chi connectivity index (χ1v) is 6.27. The van der Waals surface area contributed by atoms with E-state index in [4.69, 9.17) is 0 Å². The molecule has 1 N–H and O–H groups in total. The van der Waals surface area contributed by atoms with Crippen molar-refractivity contribution in [2.24, 2.45) is 11.8 Å². The molecule has 0 aromatic rings. The Kier molecular flexibility index (Phi) is 3.59. The van der Waals surface area contributed by atoms with Gasteiger partial charge in [0.1, 0.15) is 6.04 Å². The molecule has 0 aromatic heterocycles. The number of carboxylic acid groups (broad SMARTS) is 1. The summed E-state index contributed by atoms with van der Waals surface area (Å²) in [4.78, 5) is 24.3. The molecular formula is C13H19NO4. The first kappa shape index (κ1) is 12.9. The number of rotatable bonds is 1. The molecule has 3 unspecified atom stereocenters. The third kappa shape index (κ3) is 2.35. The van der Waals surface area contributed by atoms with Crippen LogP contribution in [0.15, 0.2) is 12.2 Å². The number of fused-ring (bicyclic) bond motifs is 1. The van der Waals surface area contributed by atoms with Crippen LogP contribution in [0.3, 0.4) is 0 Å². The number of nitrogens with zero attached hydrogens (tertiary/aromatic N) is 1. The van der Waals surface area contributed by atoms with E-state index in [0.717, 1.165) is 19.3 Å². The molecule has 1 aliphatic heterocycles. The number of piperidine rings is 1. The molecule has 0 aromatic carbocycles. The van der Waals surface area contributed by atoms with Gasteiger partial charge < -0.3 is 9.84 Å². The summed E-state index contributed by atoms with van der Waals surface area (Å²) in [5, 5.41) is 9.24. The van der Waals surface area contributed by atoms with Crippen molar-refractivity contribution in [3.8, 4) is 0 Å². The Morgan fingerprint density at radius 2 is 2.17 bits per heavy atom. The predicted octanol–water partition coefficient (Wildman–Crippen LogP) is 1.88. The molecule has 1 saturated carbocycles. The third-order valence-corrected chi connectivity index (χ3v) is 4.11. The van der Waals surface area contributed by atoms with Gasteiger partial charge in [-0.3, -0.25) is 4.90 Å². The number of carbonyl (C=O) groups is 2. The summed E-state index contributed by atoms with van der Waals surface area (Å²) in [6.07, 6.45) is 2.83. The lowest BCUT2D eigenvalue weighted by Gasteiger charge is -2.44. The zero-order valence-electron chi connectivity index (χ0n) is 10.6. The van der Waals surface area contributed by atoms with Gasteiger partial charge >= 0.3 is 12.1 Å². The van der Waals surface area contributed by atoms with E-state index in [0.29, 0.717) is 24.8 Å². The van der Waals surface area contributed by atoms with E-state index >= 15 is 0 Å². The van der Waals surface area contributed by atoms with E-state index in [2.05, 4.69) is 11.3 Å². The van der Waals surface area contributed by atoms with Gasteiger partial charge in [0.05, 0.1) is 7.11 Å². The van der Waals surface area contributed by atoms with Gasteiger partial charge in [0, 0.05) is 6.54 Å². The highest BCUT2D eigenvalue weighted by Crippen LogP contribution is 2.40. The number of likely N-dealkylation sites (tertiary alicyclic amines) is 1. The summed E-state index contributed by atoms with van der Waals surface area (Å²) in [6.45, 7) is 4.48. The monoisotopic (exact) mass is 253 g/mol. The van der Waals surface area contributed by atoms with Crippen LogP contribution in [-0.4, -0.2) is 41.8 Å². The van der Waals surface area contributed by atoms with Crippen molar-refractivity contribution >= 4 is 12.1 Å². The Morgan fingerprint density at radius 1 is 1.44 bits per heavy atom. The van der Waals surface area contributed by atoms with Gasteiger partial charge in [-0.2, -0.15) is 0 Å². The number of amides is 1. The lowest BCUT2D eigenvalue weighted by atomic mass is 9.71. The number of allylic oxidation sites excluding steroid dienone is 1. The minimum Gasteiger partial charge on any atom is -0.480 e. The quantitative estimate of drug-likeness (QED) is 0.725.